The standard InChI is InChI=1S/C17H22BN5O4/c1-18(25)23-9-13(10-23)27-17(24)22-16-8-12(5-6-21-16)26-11-3-4-15(20-2)14(19)7-11/h3-8,13,20,25H,9-10,19H2,1-2H3,(H,21,22,24). The van der Waals surface area contributed by atoms with Crippen LogP contribution in [0.4, 0.5) is 22.0 Å². The summed E-state index contributed by atoms with van der Waals surface area (Å²) in [6.45, 7) is 2.68. The number of hydrogen-bond acceptors (Lipinski definition) is 8. The van der Waals surface area contributed by atoms with E-state index >= 15 is 0 Å². The van der Waals surface area contributed by atoms with Crippen LogP contribution in [0.2, 0.25) is 6.82 Å². The van der Waals surface area contributed by atoms with E-state index < -0.39 is 13.1 Å². The number of nitrogen functional groups attached to an aromatic ring is 1. The van der Waals surface area contributed by atoms with Crippen molar-refractivity contribution in [1.29, 1.82) is 0 Å². The Bertz CT molecular complexity index is 814. The molecule has 9 nitrogen and oxygen atoms in total. The molecule has 1 saturated heterocycles. The van der Waals surface area contributed by atoms with Gasteiger partial charge in [-0.3, -0.25) is 5.32 Å². The minimum Gasteiger partial charge on any atom is -0.457 e. The highest BCUT2D eigenvalue weighted by molar-refractivity contribution is 6.45. The first kappa shape index (κ1) is 18.8. The fraction of sp³-hybridized carbons (Fsp3) is 0.294. The second-order valence-electron chi connectivity index (χ2n) is 6.22. The summed E-state index contributed by atoms with van der Waals surface area (Å²) in [5, 5.41) is 14.9. The van der Waals surface area contributed by atoms with Gasteiger partial charge in [0, 0.05) is 38.5 Å². The molecule has 10 heteroatoms. The van der Waals surface area contributed by atoms with Gasteiger partial charge >= 0.3 is 13.1 Å². The topological polar surface area (TPSA) is 122 Å². The Balaban J connectivity index is 1.56. The number of anilines is 3. The normalized spacial score (nSPS) is 14.2. The molecule has 0 aliphatic carbocycles. The molecule has 1 aromatic carbocycles. The van der Waals surface area contributed by atoms with E-state index in [2.05, 4.69) is 15.6 Å². The van der Waals surface area contributed by atoms with Crippen molar-refractivity contribution in [3.05, 3.63) is 36.5 Å². The van der Waals surface area contributed by atoms with Crippen LogP contribution < -0.4 is 21.1 Å². The Labute approximate surface area is 157 Å². The Kier molecular flexibility index (Phi) is 5.67. The maximum Gasteiger partial charge on any atom is 0.413 e. The van der Waals surface area contributed by atoms with Crippen LogP contribution in [0.3, 0.4) is 0 Å². The molecule has 0 bridgehead atoms. The van der Waals surface area contributed by atoms with Crippen LogP contribution in [0, 0.1) is 0 Å². The number of nitrogens with one attached hydrogen (secondary N) is 2. The summed E-state index contributed by atoms with van der Waals surface area (Å²) in [6, 6.07) is 8.57. The van der Waals surface area contributed by atoms with Crippen LogP contribution >= 0.6 is 0 Å². The van der Waals surface area contributed by atoms with E-state index in [1.54, 1.807) is 42.9 Å². The van der Waals surface area contributed by atoms with Crippen LogP contribution in [0.25, 0.3) is 0 Å². The van der Waals surface area contributed by atoms with Crippen LogP contribution in [0.1, 0.15) is 0 Å². The number of carbonyl (C=O) groups excluding carboxylic acids is 1. The molecular formula is C17H22BN5O4. The predicted octanol–water partition coefficient (Wildman–Crippen LogP) is 1.84. The number of nitrogens with two attached hydrogens (primary N) is 1. The molecule has 1 amide bonds. The van der Waals surface area contributed by atoms with E-state index in [0.29, 0.717) is 36.1 Å². The Hall–Kier alpha value is -2.98. The summed E-state index contributed by atoms with van der Waals surface area (Å²) in [4.78, 5) is 17.8. The van der Waals surface area contributed by atoms with Gasteiger partial charge in [-0.15, -0.1) is 0 Å². The van der Waals surface area contributed by atoms with Crippen molar-refractivity contribution in [2.45, 2.75) is 12.9 Å². The number of rotatable bonds is 6. The van der Waals surface area contributed by atoms with E-state index in [-0.39, 0.29) is 6.10 Å². The molecule has 3 rings (SSSR count). The van der Waals surface area contributed by atoms with Gasteiger partial charge in [-0.25, -0.2) is 9.78 Å². The van der Waals surface area contributed by atoms with Crippen molar-refractivity contribution in [3.8, 4) is 11.5 Å². The highest BCUT2D eigenvalue weighted by atomic mass is 16.6. The molecule has 0 saturated carbocycles. The number of carbonyl (C=O) groups is 1. The zero-order valence-corrected chi connectivity index (χ0v) is 15.2. The quantitative estimate of drug-likeness (QED) is 0.448. The van der Waals surface area contributed by atoms with Gasteiger partial charge in [0.2, 0.25) is 0 Å². The average Bonchev–Trinajstić information content (AvgIpc) is 2.58. The van der Waals surface area contributed by atoms with E-state index in [4.69, 9.17) is 15.2 Å². The van der Waals surface area contributed by atoms with Gasteiger partial charge in [0.05, 0.1) is 11.4 Å². The van der Waals surface area contributed by atoms with E-state index in [1.165, 1.54) is 6.20 Å². The molecule has 0 unspecified atom stereocenters. The molecule has 2 aromatic rings. The first-order chi connectivity index (χ1) is 12.9. The number of benzene rings is 1. The van der Waals surface area contributed by atoms with E-state index in [1.807, 2.05) is 6.07 Å². The average molecular weight is 371 g/mol. The van der Waals surface area contributed by atoms with Crippen molar-refractivity contribution in [2.75, 3.05) is 36.5 Å². The number of pyridine rings is 1. The number of amides is 1. The van der Waals surface area contributed by atoms with Crippen LogP contribution in [-0.2, 0) is 4.74 Å². The first-order valence-corrected chi connectivity index (χ1v) is 8.55. The Morgan fingerprint density at radius 2 is 2.07 bits per heavy atom. The molecule has 0 atom stereocenters. The lowest BCUT2D eigenvalue weighted by Crippen LogP contribution is -2.58. The fourth-order valence-corrected chi connectivity index (χ4v) is 2.65. The molecule has 1 aliphatic heterocycles. The minimum absolute atomic E-state index is 0.243. The van der Waals surface area contributed by atoms with Crippen LogP contribution in [0.15, 0.2) is 36.5 Å². The zero-order valence-electron chi connectivity index (χ0n) is 15.2. The number of hydrogen-bond donors (Lipinski definition) is 4. The predicted molar refractivity (Wildman–Crippen MR) is 104 cm³/mol. The molecule has 0 radical (unpaired) electrons. The van der Waals surface area contributed by atoms with Crippen molar-refractivity contribution in [1.82, 2.24) is 9.79 Å². The van der Waals surface area contributed by atoms with Gasteiger partial charge in [-0.1, -0.05) is 0 Å². The summed E-state index contributed by atoms with van der Waals surface area (Å²) >= 11 is 0. The minimum atomic E-state index is -0.600. The molecule has 1 fully saturated rings. The summed E-state index contributed by atoms with van der Waals surface area (Å²) in [7, 11) is 1.25. The van der Waals surface area contributed by atoms with Gasteiger partial charge in [0.1, 0.15) is 23.4 Å². The first-order valence-electron chi connectivity index (χ1n) is 8.55. The number of nitrogens with zero attached hydrogens (tertiary/aromatic N) is 2. The zero-order chi connectivity index (χ0) is 19.4. The summed E-state index contributed by atoms with van der Waals surface area (Å²) in [6.07, 6.45) is 0.680. The van der Waals surface area contributed by atoms with Gasteiger partial charge in [0.15, 0.2) is 0 Å². The molecule has 2 heterocycles. The maximum atomic E-state index is 12.0. The lowest BCUT2D eigenvalue weighted by Gasteiger charge is -2.38. The van der Waals surface area contributed by atoms with Crippen molar-refractivity contribution in [3.63, 3.8) is 0 Å². The summed E-state index contributed by atoms with van der Waals surface area (Å²) in [5.41, 5.74) is 7.31. The molecule has 5 N–H and O–H groups in total. The largest absolute Gasteiger partial charge is 0.457 e. The van der Waals surface area contributed by atoms with Crippen molar-refractivity contribution in [2.24, 2.45) is 0 Å². The molecule has 1 aliphatic rings. The molecule has 1 aromatic heterocycles. The lowest BCUT2D eigenvalue weighted by atomic mass is 9.81. The van der Waals surface area contributed by atoms with Crippen LogP contribution in [-0.4, -0.2) is 54.2 Å². The van der Waals surface area contributed by atoms with E-state index in [9.17, 15) is 9.82 Å². The number of ether oxygens (including phenoxy) is 2. The monoisotopic (exact) mass is 371 g/mol. The van der Waals surface area contributed by atoms with E-state index in [0.717, 1.165) is 5.69 Å². The second-order valence-corrected chi connectivity index (χ2v) is 6.22. The molecule has 27 heavy (non-hydrogen) atoms. The van der Waals surface area contributed by atoms with Crippen molar-refractivity contribution < 1.29 is 19.3 Å². The second kappa shape index (κ2) is 8.15. The highest BCUT2D eigenvalue weighted by Gasteiger charge is 2.34. The summed E-state index contributed by atoms with van der Waals surface area (Å²) < 4.78 is 11.0. The highest BCUT2D eigenvalue weighted by Crippen LogP contribution is 2.28. The fourth-order valence-electron chi connectivity index (χ4n) is 2.65. The van der Waals surface area contributed by atoms with Crippen molar-refractivity contribution >= 4 is 30.3 Å². The van der Waals surface area contributed by atoms with Crippen LogP contribution in [0.5, 0.6) is 11.5 Å². The van der Waals surface area contributed by atoms with Gasteiger partial charge < -0.3 is 30.4 Å². The third kappa shape index (κ3) is 4.80. The molecule has 142 valence electrons. The Morgan fingerprint density at radius 1 is 1.33 bits per heavy atom. The van der Waals surface area contributed by atoms with Gasteiger partial charge in [-0.2, -0.15) is 0 Å². The Morgan fingerprint density at radius 3 is 2.74 bits per heavy atom. The number of aromatic nitrogens is 1. The summed E-state index contributed by atoms with van der Waals surface area (Å²) in [5.74, 6) is 1.38. The SMILES string of the molecule is CNc1ccc(Oc2ccnc(NC(=O)OC3CN(B(C)O)C3)c2)cc1N. The van der Waals surface area contributed by atoms with Gasteiger partial charge in [0.25, 0.3) is 0 Å². The molecular weight excluding hydrogens is 349 g/mol. The third-order valence-corrected chi connectivity index (χ3v) is 4.17. The van der Waals surface area contributed by atoms with Gasteiger partial charge in [-0.05, 0) is 25.0 Å². The molecule has 0 spiro atoms. The lowest BCUT2D eigenvalue weighted by molar-refractivity contribution is 0.0260. The smallest absolute Gasteiger partial charge is 0.413 e. The third-order valence-electron chi connectivity index (χ3n) is 4.17. The maximum absolute atomic E-state index is 12.0.